The average Bonchev–Trinajstić information content (AvgIpc) is 3.19. The van der Waals surface area contributed by atoms with Crippen molar-refractivity contribution in [2.45, 2.75) is 165 Å². The fraction of sp³-hybridized carbons (Fsp3) is 0.500. The molecular formula is C48H66CaO8S2. The van der Waals surface area contributed by atoms with E-state index >= 15 is 0 Å². The van der Waals surface area contributed by atoms with Gasteiger partial charge in [-0.2, -0.15) is 0 Å². The van der Waals surface area contributed by atoms with Gasteiger partial charge in [-0.15, -0.1) is 0 Å². The molecule has 0 saturated carbocycles. The van der Waals surface area contributed by atoms with Crippen LogP contribution in [0.4, 0.5) is 0 Å². The monoisotopic (exact) mass is 874 g/mol. The van der Waals surface area contributed by atoms with Crippen LogP contribution in [0.15, 0.2) is 107 Å². The Morgan fingerprint density at radius 3 is 0.966 bits per heavy atom. The molecule has 0 aliphatic rings. The summed E-state index contributed by atoms with van der Waals surface area (Å²) < 4.78 is 82.9. The summed E-state index contributed by atoms with van der Waals surface area (Å²) in [4.78, 5) is -0.445. The number of para-hydroxylation sites is 2. The van der Waals surface area contributed by atoms with Crippen LogP contribution in [-0.2, 0) is 33.1 Å². The average molecular weight is 875 g/mol. The van der Waals surface area contributed by atoms with Crippen LogP contribution in [0.1, 0.15) is 153 Å². The molecule has 0 spiro atoms. The number of rotatable bonds is 28. The van der Waals surface area contributed by atoms with Crippen LogP contribution >= 0.6 is 0 Å². The van der Waals surface area contributed by atoms with Crippen molar-refractivity contribution >= 4 is 58.0 Å². The summed E-state index contributed by atoms with van der Waals surface area (Å²) in [7, 11) is -9.24. The first-order valence-electron chi connectivity index (χ1n) is 21.7. The van der Waals surface area contributed by atoms with Crippen LogP contribution in [0.25, 0.3) is 0 Å². The molecule has 4 rings (SSSR count). The third-order valence-corrected chi connectivity index (χ3v) is 12.1. The Kier molecular flexibility index (Phi) is 27.3. The molecule has 320 valence electrons. The van der Waals surface area contributed by atoms with Gasteiger partial charge in [0.25, 0.3) is 0 Å². The summed E-state index contributed by atoms with van der Waals surface area (Å²) in [5.41, 5.74) is 1.10. The van der Waals surface area contributed by atoms with Crippen molar-refractivity contribution in [3.05, 3.63) is 108 Å². The van der Waals surface area contributed by atoms with Gasteiger partial charge in [0.15, 0.2) is 0 Å². The molecule has 0 N–H and O–H groups in total. The maximum absolute atomic E-state index is 11.9. The second kappa shape index (κ2) is 30.6. The van der Waals surface area contributed by atoms with E-state index in [1.807, 2.05) is 12.1 Å². The SMILES string of the molecule is CCCCCCCCCCCCc1cccc(Oc2ccccc2)c1S(=O)(=O)[O-].CCCCCCCCCCCCc1cccc(Oc2ccccc2)c1S(=O)(=O)[O-].[Ca+2]. The molecule has 0 aromatic heterocycles. The fourth-order valence-corrected chi connectivity index (χ4v) is 8.78. The Labute approximate surface area is 386 Å². The smallest absolute Gasteiger partial charge is 0.744 e. The van der Waals surface area contributed by atoms with Crippen LogP contribution in [0, 0.1) is 0 Å². The second-order valence-electron chi connectivity index (χ2n) is 15.1. The number of hydrogen-bond donors (Lipinski definition) is 0. The van der Waals surface area contributed by atoms with Gasteiger partial charge in [-0.05, 0) is 73.2 Å². The predicted molar refractivity (Wildman–Crippen MR) is 239 cm³/mol. The quantitative estimate of drug-likeness (QED) is 0.0313. The van der Waals surface area contributed by atoms with Crippen molar-refractivity contribution in [2.75, 3.05) is 0 Å². The first-order valence-corrected chi connectivity index (χ1v) is 24.5. The largest absolute Gasteiger partial charge is 2.00 e. The van der Waals surface area contributed by atoms with E-state index in [0.29, 0.717) is 35.5 Å². The molecule has 8 nitrogen and oxygen atoms in total. The molecule has 0 heterocycles. The van der Waals surface area contributed by atoms with E-state index in [0.717, 1.165) is 38.5 Å². The van der Waals surface area contributed by atoms with Crippen LogP contribution in [0.3, 0.4) is 0 Å². The Morgan fingerprint density at radius 2 is 0.678 bits per heavy atom. The molecule has 11 heteroatoms. The van der Waals surface area contributed by atoms with E-state index in [9.17, 15) is 25.9 Å². The molecule has 4 aromatic carbocycles. The van der Waals surface area contributed by atoms with Crippen LogP contribution in [0.5, 0.6) is 23.0 Å². The van der Waals surface area contributed by atoms with Crippen molar-refractivity contribution in [3.63, 3.8) is 0 Å². The van der Waals surface area contributed by atoms with E-state index in [-0.39, 0.29) is 59.0 Å². The first kappa shape index (κ1) is 52.7. The molecule has 0 aliphatic heterocycles. The molecule has 0 fully saturated rings. The molecule has 0 saturated heterocycles. The van der Waals surface area contributed by atoms with Crippen molar-refractivity contribution in [1.82, 2.24) is 0 Å². The third kappa shape index (κ3) is 21.8. The molecule has 0 atom stereocenters. The summed E-state index contributed by atoms with van der Waals surface area (Å²) in [5.74, 6) is 1.23. The van der Waals surface area contributed by atoms with Gasteiger partial charge in [-0.25, -0.2) is 16.8 Å². The van der Waals surface area contributed by atoms with Gasteiger partial charge in [0.1, 0.15) is 53.0 Å². The summed E-state index contributed by atoms with van der Waals surface area (Å²) in [6.45, 7) is 4.46. The number of unbranched alkanes of at least 4 members (excludes halogenated alkanes) is 18. The molecule has 0 unspecified atom stereocenters. The number of ether oxygens (including phenoxy) is 2. The minimum absolute atomic E-state index is 0. The van der Waals surface area contributed by atoms with Gasteiger partial charge < -0.3 is 18.6 Å². The van der Waals surface area contributed by atoms with E-state index in [1.54, 1.807) is 84.9 Å². The fourth-order valence-electron chi connectivity index (χ4n) is 7.08. The predicted octanol–water partition coefficient (Wildman–Crippen LogP) is 13.3. The van der Waals surface area contributed by atoms with Crippen molar-refractivity contribution < 1.29 is 35.4 Å². The van der Waals surface area contributed by atoms with E-state index in [4.69, 9.17) is 9.47 Å². The molecule has 0 bridgehead atoms. The molecule has 4 aromatic rings. The van der Waals surface area contributed by atoms with Gasteiger partial charge in [-0.3, -0.25) is 0 Å². The zero-order valence-corrected chi connectivity index (χ0v) is 39.4. The summed E-state index contributed by atoms with van der Waals surface area (Å²) in [6.07, 6.45) is 25.4. The molecule has 59 heavy (non-hydrogen) atoms. The van der Waals surface area contributed by atoms with Crippen molar-refractivity contribution in [2.24, 2.45) is 0 Å². The van der Waals surface area contributed by atoms with Crippen molar-refractivity contribution in [1.29, 1.82) is 0 Å². The topological polar surface area (TPSA) is 133 Å². The minimum Gasteiger partial charge on any atom is -0.744 e. The molecular weight excluding hydrogens is 809 g/mol. The number of benzene rings is 4. The maximum Gasteiger partial charge on any atom is 2.00 e. The van der Waals surface area contributed by atoms with Gasteiger partial charge in [-0.1, -0.05) is 190 Å². The van der Waals surface area contributed by atoms with E-state index in [1.165, 1.54) is 89.9 Å². The Bertz CT molecular complexity index is 1780. The molecule has 0 radical (unpaired) electrons. The zero-order valence-electron chi connectivity index (χ0n) is 35.6. The Hall–Kier alpha value is -2.44. The second-order valence-corrected chi connectivity index (χ2v) is 17.7. The molecule has 0 aliphatic carbocycles. The Morgan fingerprint density at radius 1 is 0.390 bits per heavy atom. The minimum atomic E-state index is -4.62. The summed E-state index contributed by atoms with van der Waals surface area (Å²) in [5, 5.41) is 0. The normalized spacial score (nSPS) is 11.3. The first-order chi connectivity index (χ1) is 28.0. The van der Waals surface area contributed by atoms with Crippen LogP contribution in [0.2, 0.25) is 0 Å². The third-order valence-electron chi connectivity index (χ3n) is 10.2. The number of hydrogen-bond acceptors (Lipinski definition) is 8. The molecule has 0 amide bonds. The van der Waals surface area contributed by atoms with Crippen LogP contribution in [-0.4, -0.2) is 63.7 Å². The summed E-state index contributed by atoms with van der Waals surface area (Å²) in [6, 6.07) is 27.8. The van der Waals surface area contributed by atoms with Gasteiger partial charge >= 0.3 is 37.7 Å². The van der Waals surface area contributed by atoms with Gasteiger partial charge in [0, 0.05) is 0 Å². The van der Waals surface area contributed by atoms with Gasteiger partial charge in [0.05, 0.1) is 0 Å². The van der Waals surface area contributed by atoms with Gasteiger partial charge in [0.2, 0.25) is 0 Å². The Balaban J connectivity index is 0.000000400. The summed E-state index contributed by atoms with van der Waals surface area (Å²) >= 11 is 0. The van der Waals surface area contributed by atoms with E-state index in [2.05, 4.69) is 13.8 Å². The van der Waals surface area contributed by atoms with Crippen LogP contribution < -0.4 is 9.47 Å². The van der Waals surface area contributed by atoms with E-state index < -0.39 is 20.2 Å². The van der Waals surface area contributed by atoms with Crippen molar-refractivity contribution in [3.8, 4) is 23.0 Å². The number of aryl methyl sites for hydroxylation is 2. The maximum atomic E-state index is 11.9. The standard InChI is InChI=1S/2C24H34O4S.Ca/c2*1-2-3-4-5-6-7-8-9-10-12-16-21-17-15-20-23(24(21)29(25,26)27)28-22-18-13-11-14-19-22;/h2*11,13-15,17-20H,2-10,12,16H2,1H3,(H,25,26,27);/q;;+2/p-2. The zero-order chi connectivity index (χ0) is 41.9.